The van der Waals surface area contributed by atoms with E-state index in [0.29, 0.717) is 0 Å². The number of nitrogens with one attached hydrogen (secondary N) is 2. The van der Waals surface area contributed by atoms with Gasteiger partial charge in [0.05, 0.1) is 0 Å². The standard InChI is InChI=1S/C26H43N3O4/c1-11-12-19(4)28-23(31)22(20-14-13-17(2)15-18(20)3)29(25(5,6)7)21(30)16-27-24(32)33-26(8,9)10/h13-15,19,22H,11-12,16H2,1-10H3,(H,27,32)(H,28,31). The molecule has 2 atom stereocenters. The molecule has 1 aromatic rings. The van der Waals surface area contributed by atoms with Crippen LogP contribution in [0.3, 0.4) is 0 Å². The molecule has 0 heterocycles. The molecule has 1 rings (SSSR count). The summed E-state index contributed by atoms with van der Waals surface area (Å²) in [4.78, 5) is 40.7. The number of ether oxygens (including phenoxy) is 1. The predicted molar refractivity (Wildman–Crippen MR) is 132 cm³/mol. The molecule has 0 aromatic heterocycles. The van der Waals surface area contributed by atoms with Gasteiger partial charge in [-0.25, -0.2) is 4.79 Å². The molecule has 7 heteroatoms. The number of aryl methyl sites for hydroxylation is 2. The Morgan fingerprint density at radius 3 is 2.15 bits per heavy atom. The quantitative estimate of drug-likeness (QED) is 0.582. The van der Waals surface area contributed by atoms with Gasteiger partial charge in [-0.05, 0) is 79.9 Å². The molecule has 1 aromatic carbocycles. The summed E-state index contributed by atoms with van der Waals surface area (Å²) in [6.07, 6.45) is 1.11. The molecule has 0 spiro atoms. The molecule has 0 radical (unpaired) electrons. The molecule has 0 aliphatic heterocycles. The molecule has 186 valence electrons. The van der Waals surface area contributed by atoms with Gasteiger partial charge in [0.2, 0.25) is 11.8 Å². The summed E-state index contributed by atoms with van der Waals surface area (Å²) >= 11 is 0. The Bertz CT molecular complexity index is 837. The Morgan fingerprint density at radius 2 is 1.67 bits per heavy atom. The maximum Gasteiger partial charge on any atom is 0.408 e. The molecule has 0 aliphatic rings. The molecular formula is C26H43N3O4. The maximum atomic E-state index is 13.6. The van der Waals surface area contributed by atoms with E-state index in [9.17, 15) is 14.4 Å². The van der Waals surface area contributed by atoms with Crippen LogP contribution in [0.15, 0.2) is 18.2 Å². The third-order valence-electron chi connectivity index (χ3n) is 5.11. The average Bonchev–Trinajstić information content (AvgIpc) is 2.62. The van der Waals surface area contributed by atoms with Gasteiger partial charge in [-0.1, -0.05) is 37.1 Å². The van der Waals surface area contributed by atoms with E-state index in [1.165, 1.54) is 0 Å². The van der Waals surface area contributed by atoms with Crippen LogP contribution in [0, 0.1) is 13.8 Å². The number of hydrogen-bond acceptors (Lipinski definition) is 4. The number of carbonyl (C=O) groups excluding carboxylic acids is 3. The van der Waals surface area contributed by atoms with Crippen LogP contribution in [-0.2, 0) is 14.3 Å². The van der Waals surface area contributed by atoms with Gasteiger partial charge < -0.3 is 20.3 Å². The molecule has 0 saturated carbocycles. The minimum absolute atomic E-state index is 0.0208. The van der Waals surface area contributed by atoms with Crippen molar-refractivity contribution in [1.82, 2.24) is 15.5 Å². The molecule has 0 aliphatic carbocycles. The van der Waals surface area contributed by atoms with Crippen molar-refractivity contribution >= 4 is 17.9 Å². The van der Waals surface area contributed by atoms with E-state index in [-0.39, 0.29) is 24.4 Å². The lowest BCUT2D eigenvalue weighted by Crippen LogP contribution is -2.56. The monoisotopic (exact) mass is 461 g/mol. The summed E-state index contributed by atoms with van der Waals surface area (Å²) in [6.45, 7) is 18.6. The van der Waals surface area contributed by atoms with Gasteiger partial charge in [0.25, 0.3) is 0 Å². The van der Waals surface area contributed by atoms with Crippen molar-refractivity contribution in [3.05, 3.63) is 34.9 Å². The van der Waals surface area contributed by atoms with Gasteiger partial charge in [0.1, 0.15) is 18.2 Å². The van der Waals surface area contributed by atoms with Crippen molar-refractivity contribution in [3.63, 3.8) is 0 Å². The first kappa shape index (κ1) is 28.5. The number of carbonyl (C=O) groups is 3. The Kier molecular flexibility index (Phi) is 9.94. The first-order chi connectivity index (χ1) is 15.1. The lowest BCUT2D eigenvalue weighted by molar-refractivity contribution is -0.146. The van der Waals surface area contributed by atoms with E-state index in [0.717, 1.165) is 29.5 Å². The number of alkyl carbamates (subject to hydrolysis) is 1. The number of hydrogen-bond donors (Lipinski definition) is 2. The highest BCUT2D eigenvalue weighted by Gasteiger charge is 2.39. The fourth-order valence-electron chi connectivity index (χ4n) is 3.81. The van der Waals surface area contributed by atoms with Gasteiger partial charge >= 0.3 is 6.09 Å². The fourth-order valence-corrected chi connectivity index (χ4v) is 3.81. The molecular weight excluding hydrogens is 418 g/mol. The Morgan fingerprint density at radius 1 is 1.06 bits per heavy atom. The Hall–Kier alpha value is -2.57. The van der Waals surface area contributed by atoms with E-state index in [1.54, 1.807) is 25.7 Å². The smallest absolute Gasteiger partial charge is 0.408 e. The number of benzene rings is 1. The zero-order valence-corrected chi connectivity index (χ0v) is 22.1. The van der Waals surface area contributed by atoms with Crippen LogP contribution in [0.4, 0.5) is 4.79 Å². The highest BCUT2D eigenvalue weighted by atomic mass is 16.6. The van der Waals surface area contributed by atoms with E-state index in [2.05, 4.69) is 17.6 Å². The zero-order valence-electron chi connectivity index (χ0n) is 22.1. The first-order valence-corrected chi connectivity index (χ1v) is 11.7. The van der Waals surface area contributed by atoms with Crippen molar-refractivity contribution in [3.8, 4) is 0 Å². The fraction of sp³-hybridized carbons (Fsp3) is 0.654. The van der Waals surface area contributed by atoms with Gasteiger partial charge in [-0.15, -0.1) is 0 Å². The third-order valence-corrected chi connectivity index (χ3v) is 5.11. The number of nitrogens with zero attached hydrogens (tertiary/aromatic N) is 1. The van der Waals surface area contributed by atoms with Crippen molar-refractivity contribution < 1.29 is 19.1 Å². The molecule has 3 amide bonds. The van der Waals surface area contributed by atoms with E-state index in [4.69, 9.17) is 4.74 Å². The molecule has 0 fully saturated rings. The SMILES string of the molecule is CCCC(C)NC(=O)C(c1ccc(C)cc1C)N(C(=O)CNC(=O)OC(C)(C)C)C(C)(C)C. The second-order valence-corrected chi connectivity index (χ2v) is 10.8. The summed E-state index contributed by atoms with van der Waals surface area (Å²) in [5, 5.41) is 5.62. The third kappa shape index (κ3) is 9.06. The van der Waals surface area contributed by atoms with Gasteiger partial charge in [0, 0.05) is 11.6 Å². The minimum atomic E-state index is -0.835. The zero-order chi connectivity index (χ0) is 25.6. The van der Waals surface area contributed by atoms with Crippen LogP contribution < -0.4 is 10.6 Å². The van der Waals surface area contributed by atoms with E-state index in [1.807, 2.05) is 59.7 Å². The summed E-state index contributed by atoms with van der Waals surface area (Å²) in [5.74, 6) is -0.597. The summed E-state index contributed by atoms with van der Waals surface area (Å²) in [5.41, 5.74) is 1.42. The first-order valence-electron chi connectivity index (χ1n) is 11.7. The lowest BCUT2D eigenvalue weighted by Gasteiger charge is -2.42. The summed E-state index contributed by atoms with van der Waals surface area (Å²) in [6, 6.07) is 5.01. The largest absolute Gasteiger partial charge is 0.444 e. The molecule has 7 nitrogen and oxygen atoms in total. The maximum absolute atomic E-state index is 13.6. The number of rotatable bonds is 8. The van der Waals surface area contributed by atoms with Crippen molar-refractivity contribution in [2.24, 2.45) is 0 Å². The Balaban J connectivity index is 3.36. The van der Waals surface area contributed by atoms with Crippen molar-refractivity contribution in [1.29, 1.82) is 0 Å². The van der Waals surface area contributed by atoms with Crippen molar-refractivity contribution in [2.75, 3.05) is 6.54 Å². The van der Waals surface area contributed by atoms with E-state index >= 15 is 0 Å². The average molecular weight is 462 g/mol. The van der Waals surface area contributed by atoms with Gasteiger partial charge in [-0.2, -0.15) is 0 Å². The molecule has 0 bridgehead atoms. The molecule has 0 saturated heterocycles. The van der Waals surface area contributed by atoms with Crippen LogP contribution >= 0.6 is 0 Å². The van der Waals surface area contributed by atoms with Crippen molar-refractivity contribution in [2.45, 2.75) is 105 Å². The summed E-state index contributed by atoms with van der Waals surface area (Å²) in [7, 11) is 0. The topological polar surface area (TPSA) is 87.7 Å². The Labute approximate surface area is 199 Å². The lowest BCUT2D eigenvalue weighted by atomic mass is 9.92. The second kappa shape index (κ2) is 11.5. The summed E-state index contributed by atoms with van der Waals surface area (Å²) < 4.78 is 5.26. The number of amides is 3. The van der Waals surface area contributed by atoms with Gasteiger partial charge in [0.15, 0.2) is 0 Å². The normalized spacial score (nSPS) is 13.6. The van der Waals surface area contributed by atoms with Crippen LogP contribution in [0.25, 0.3) is 0 Å². The van der Waals surface area contributed by atoms with E-state index < -0.39 is 23.3 Å². The van der Waals surface area contributed by atoms with Crippen LogP contribution in [0.1, 0.15) is 91.0 Å². The molecule has 2 unspecified atom stereocenters. The highest BCUT2D eigenvalue weighted by molar-refractivity contribution is 5.91. The van der Waals surface area contributed by atoms with Crippen LogP contribution in [0.5, 0.6) is 0 Å². The second-order valence-electron chi connectivity index (χ2n) is 10.8. The van der Waals surface area contributed by atoms with Gasteiger partial charge in [-0.3, -0.25) is 9.59 Å². The molecule has 2 N–H and O–H groups in total. The highest BCUT2D eigenvalue weighted by Crippen LogP contribution is 2.31. The van der Waals surface area contributed by atoms with Crippen LogP contribution in [-0.4, -0.2) is 46.5 Å². The minimum Gasteiger partial charge on any atom is -0.444 e. The van der Waals surface area contributed by atoms with Crippen LogP contribution in [0.2, 0.25) is 0 Å². The molecule has 33 heavy (non-hydrogen) atoms. The predicted octanol–water partition coefficient (Wildman–Crippen LogP) is 4.80.